The molecule has 0 saturated heterocycles. The first-order valence-electron chi connectivity index (χ1n) is 12.0. The lowest BCUT2D eigenvalue weighted by molar-refractivity contribution is -0.384. The molecule has 0 aliphatic heterocycles. The summed E-state index contributed by atoms with van der Waals surface area (Å²) in [4.78, 5) is 23.8. The lowest BCUT2D eigenvalue weighted by Gasteiger charge is -2.13. The quantitative estimate of drug-likeness (QED) is 0.176. The van der Waals surface area contributed by atoms with Crippen LogP contribution in [0.3, 0.4) is 0 Å². The fraction of sp³-hybridized carbons (Fsp3) is 0.207. The van der Waals surface area contributed by atoms with E-state index in [-0.39, 0.29) is 29.5 Å². The number of nitro benzene ring substituents is 1. The number of ether oxygens (including phenoxy) is 3. The molecule has 9 heteroatoms. The monoisotopic (exact) mass is 516 g/mol. The van der Waals surface area contributed by atoms with Crippen LogP contribution in [0.2, 0.25) is 0 Å². The van der Waals surface area contributed by atoms with Gasteiger partial charge in [0.05, 0.1) is 23.3 Å². The van der Waals surface area contributed by atoms with E-state index in [0.29, 0.717) is 23.9 Å². The number of nitro groups is 1. The minimum Gasteiger partial charge on any atom is -0.494 e. The minimum absolute atomic E-state index is 0.0365. The topological polar surface area (TPSA) is 113 Å². The van der Waals surface area contributed by atoms with Crippen molar-refractivity contribution in [2.75, 3.05) is 11.9 Å². The molecule has 1 N–H and O–H groups in total. The molecule has 9 nitrogen and oxygen atoms in total. The Bertz CT molecular complexity index is 1460. The van der Waals surface area contributed by atoms with Crippen molar-refractivity contribution < 1.29 is 28.3 Å². The number of nitrogens with zero attached hydrogens (tertiary/aromatic N) is 1. The first-order chi connectivity index (χ1) is 18.2. The van der Waals surface area contributed by atoms with Crippen LogP contribution in [0.5, 0.6) is 23.0 Å². The zero-order valence-electron chi connectivity index (χ0n) is 21.6. The molecule has 4 rings (SSSR count). The lowest BCUT2D eigenvalue weighted by atomic mass is 10.1. The van der Waals surface area contributed by atoms with Crippen molar-refractivity contribution in [1.82, 2.24) is 0 Å². The summed E-state index contributed by atoms with van der Waals surface area (Å²) < 4.78 is 22.7. The molecule has 3 aromatic carbocycles. The molecule has 196 valence electrons. The van der Waals surface area contributed by atoms with Crippen LogP contribution in [-0.2, 0) is 6.61 Å². The molecule has 0 aliphatic carbocycles. The van der Waals surface area contributed by atoms with Gasteiger partial charge in [-0.15, -0.1) is 0 Å². The molecule has 1 aromatic heterocycles. The van der Waals surface area contributed by atoms with Gasteiger partial charge in [0.2, 0.25) is 0 Å². The zero-order chi connectivity index (χ0) is 27.2. The molecule has 4 aromatic rings. The van der Waals surface area contributed by atoms with E-state index in [1.165, 1.54) is 24.3 Å². The second-order valence-electron chi connectivity index (χ2n) is 8.69. The van der Waals surface area contributed by atoms with Gasteiger partial charge in [-0.25, -0.2) is 0 Å². The highest BCUT2D eigenvalue weighted by atomic mass is 16.6. The van der Waals surface area contributed by atoms with Crippen molar-refractivity contribution in [1.29, 1.82) is 0 Å². The summed E-state index contributed by atoms with van der Waals surface area (Å²) in [6, 6.07) is 18.3. The van der Waals surface area contributed by atoms with E-state index in [0.717, 1.165) is 22.4 Å². The van der Waals surface area contributed by atoms with Gasteiger partial charge in [0.1, 0.15) is 35.4 Å². The standard InChI is InChI=1S/C29H28N2O7/c1-5-35-23-6-8-24(9-7-23)36-17-25-10-11-27(37-25)29(32)30-21-14-22(31(33)34)16-26(15-21)38-28-13-18(2)12-19(3)20(28)4/h6-16H,5,17H2,1-4H3,(H,30,32). The Morgan fingerprint density at radius 2 is 1.63 bits per heavy atom. The lowest BCUT2D eigenvalue weighted by Crippen LogP contribution is -2.11. The van der Waals surface area contributed by atoms with Crippen LogP contribution in [0.1, 0.15) is 39.9 Å². The van der Waals surface area contributed by atoms with Crippen LogP contribution >= 0.6 is 0 Å². The number of rotatable bonds is 10. The summed E-state index contributed by atoms with van der Waals surface area (Å²) in [7, 11) is 0. The van der Waals surface area contributed by atoms with Crippen LogP contribution in [-0.4, -0.2) is 17.4 Å². The third kappa shape index (κ3) is 6.50. The molecule has 38 heavy (non-hydrogen) atoms. The molecule has 0 bridgehead atoms. The first-order valence-corrected chi connectivity index (χ1v) is 12.0. The summed E-state index contributed by atoms with van der Waals surface area (Å²) in [5, 5.41) is 14.2. The molecule has 0 fully saturated rings. The molecule has 0 spiro atoms. The molecule has 1 heterocycles. The van der Waals surface area contributed by atoms with Crippen molar-refractivity contribution in [2.24, 2.45) is 0 Å². The van der Waals surface area contributed by atoms with Crippen LogP contribution in [0, 0.1) is 30.9 Å². The Balaban J connectivity index is 1.46. The molecule has 0 unspecified atom stereocenters. The predicted octanol–water partition coefficient (Wildman–Crippen LogP) is 7.14. The van der Waals surface area contributed by atoms with E-state index in [9.17, 15) is 14.9 Å². The van der Waals surface area contributed by atoms with E-state index in [2.05, 4.69) is 5.32 Å². The summed E-state index contributed by atoms with van der Waals surface area (Å²) in [5.74, 6) is 2.10. The zero-order valence-corrected chi connectivity index (χ0v) is 21.6. The fourth-order valence-corrected chi connectivity index (χ4v) is 3.78. The molecule has 0 saturated carbocycles. The number of aryl methyl sites for hydroxylation is 2. The number of amides is 1. The first kappa shape index (κ1) is 26.3. The van der Waals surface area contributed by atoms with E-state index in [4.69, 9.17) is 18.6 Å². The molecular weight excluding hydrogens is 488 g/mol. The maximum absolute atomic E-state index is 12.8. The highest BCUT2D eigenvalue weighted by Gasteiger charge is 2.17. The van der Waals surface area contributed by atoms with Crippen molar-refractivity contribution in [3.8, 4) is 23.0 Å². The number of non-ortho nitro benzene ring substituents is 1. The highest BCUT2D eigenvalue weighted by Crippen LogP contribution is 2.33. The fourth-order valence-electron chi connectivity index (χ4n) is 3.78. The second kappa shape index (κ2) is 11.5. The number of benzene rings is 3. The maximum Gasteiger partial charge on any atom is 0.291 e. The Morgan fingerprint density at radius 1 is 0.921 bits per heavy atom. The number of carbonyl (C=O) groups excluding carboxylic acids is 1. The van der Waals surface area contributed by atoms with Gasteiger partial charge in [-0.05, 0) is 86.8 Å². The Kier molecular flexibility index (Phi) is 7.96. The van der Waals surface area contributed by atoms with Gasteiger partial charge in [-0.2, -0.15) is 0 Å². The number of hydrogen-bond donors (Lipinski definition) is 1. The Labute approximate surface area is 220 Å². The number of furan rings is 1. The van der Waals surface area contributed by atoms with Crippen molar-refractivity contribution >= 4 is 17.3 Å². The summed E-state index contributed by atoms with van der Waals surface area (Å²) in [6.07, 6.45) is 0. The number of nitrogens with one attached hydrogen (secondary N) is 1. The van der Waals surface area contributed by atoms with Gasteiger partial charge < -0.3 is 23.9 Å². The number of hydrogen-bond acceptors (Lipinski definition) is 7. The molecule has 1 amide bonds. The van der Waals surface area contributed by atoms with Gasteiger partial charge in [0.25, 0.3) is 11.6 Å². The number of anilines is 1. The van der Waals surface area contributed by atoms with E-state index in [1.54, 1.807) is 30.3 Å². The third-order valence-corrected chi connectivity index (χ3v) is 5.75. The Hall–Kier alpha value is -4.79. The average Bonchev–Trinajstić information content (AvgIpc) is 3.36. The van der Waals surface area contributed by atoms with E-state index < -0.39 is 10.8 Å². The van der Waals surface area contributed by atoms with Crippen molar-refractivity contribution in [3.63, 3.8) is 0 Å². The molecular formula is C29H28N2O7. The third-order valence-electron chi connectivity index (χ3n) is 5.75. The van der Waals surface area contributed by atoms with Crippen LogP contribution in [0.15, 0.2) is 71.1 Å². The van der Waals surface area contributed by atoms with E-state index >= 15 is 0 Å². The van der Waals surface area contributed by atoms with Gasteiger partial charge in [0.15, 0.2) is 5.76 Å². The molecule has 0 atom stereocenters. The van der Waals surface area contributed by atoms with Crippen LogP contribution in [0.4, 0.5) is 11.4 Å². The van der Waals surface area contributed by atoms with Crippen LogP contribution in [0.25, 0.3) is 0 Å². The van der Waals surface area contributed by atoms with Crippen LogP contribution < -0.4 is 19.5 Å². The Morgan fingerprint density at radius 3 is 2.32 bits per heavy atom. The van der Waals surface area contributed by atoms with Gasteiger partial charge in [-0.1, -0.05) is 6.07 Å². The highest BCUT2D eigenvalue weighted by molar-refractivity contribution is 6.02. The van der Waals surface area contributed by atoms with Gasteiger partial charge in [0, 0.05) is 12.1 Å². The van der Waals surface area contributed by atoms with Gasteiger partial charge >= 0.3 is 0 Å². The normalized spacial score (nSPS) is 10.6. The summed E-state index contributed by atoms with van der Waals surface area (Å²) in [5.41, 5.74) is 2.94. The predicted molar refractivity (Wildman–Crippen MR) is 142 cm³/mol. The van der Waals surface area contributed by atoms with Crippen molar-refractivity contribution in [3.05, 3.63) is 105 Å². The molecule has 0 aliphatic rings. The molecule has 0 radical (unpaired) electrons. The largest absolute Gasteiger partial charge is 0.494 e. The summed E-state index contributed by atoms with van der Waals surface area (Å²) >= 11 is 0. The minimum atomic E-state index is -0.564. The average molecular weight is 517 g/mol. The summed E-state index contributed by atoms with van der Waals surface area (Å²) in [6.45, 7) is 8.43. The maximum atomic E-state index is 12.8. The number of carbonyl (C=O) groups is 1. The van der Waals surface area contributed by atoms with Gasteiger partial charge in [-0.3, -0.25) is 14.9 Å². The second-order valence-corrected chi connectivity index (χ2v) is 8.69. The van der Waals surface area contributed by atoms with Crippen molar-refractivity contribution in [2.45, 2.75) is 34.3 Å². The SMILES string of the molecule is CCOc1ccc(OCc2ccc(C(=O)Nc3cc(Oc4cc(C)cc(C)c4C)cc([N+](=O)[O-])c3)o2)cc1. The smallest absolute Gasteiger partial charge is 0.291 e. The van der Waals surface area contributed by atoms with E-state index in [1.807, 2.05) is 39.8 Å².